The normalized spacial score (nSPS) is 24.1. The molecular formula is C18H28N4O5. The molecule has 1 amide bonds. The summed E-state index contributed by atoms with van der Waals surface area (Å²) in [5.74, 6) is 1.01. The van der Waals surface area contributed by atoms with Gasteiger partial charge in [0.15, 0.2) is 11.3 Å². The van der Waals surface area contributed by atoms with E-state index in [2.05, 4.69) is 9.89 Å². The zero-order chi connectivity index (χ0) is 19.3. The average Bonchev–Trinajstić information content (AvgIpc) is 2.71. The van der Waals surface area contributed by atoms with Crippen LogP contribution in [0.25, 0.3) is 0 Å². The minimum Gasteiger partial charge on any atom is -0.448 e. The van der Waals surface area contributed by atoms with Gasteiger partial charge in [-0.3, -0.25) is 0 Å². The molecule has 3 rings (SSSR count). The number of ether oxygens (including phenoxy) is 3. The first-order valence-corrected chi connectivity index (χ1v) is 9.61. The van der Waals surface area contributed by atoms with E-state index in [1.54, 1.807) is 13.0 Å². The quantitative estimate of drug-likeness (QED) is 0.796. The summed E-state index contributed by atoms with van der Waals surface area (Å²) in [6.45, 7) is 7.11. The predicted molar refractivity (Wildman–Crippen MR) is 96.8 cm³/mol. The third-order valence-corrected chi connectivity index (χ3v) is 5.04. The summed E-state index contributed by atoms with van der Waals surface area (Å²) in [5, 5.41) is 10.8. The van der Waals surface area contributed by atoms with Crippen molar-refractivity contribution in [3.8, 4) is 0 Å². The summed E-state index contributed by atoms with van der Waals surface area (Å²) < 4.78 is 17.3. The van der Waals surface area contributed by atoms with Gasteiger partial charge in [0, 0.05) is 25.8 Å². The van der Waals surface area contributed by atoms with Gasteiger partial charge in [-0.25, -0.2) is 9.78 Å². The van der Waals surface area contributed by atoms with Crippen molar-refractivity contribution in [3.05, 3.63) is 17.4 Å². The van der Waals surface area contributed by atoms with E-state index in [-0.39, 0.29) is 12.1 Å². The minimum absolute atomic E-state index is 0.0851. The van der Waals surface area contributed by atoms with Crippen LogP contribution in [0.15, 0.2) is 11.1 Å². The Kier molecular flexibility index (Phi) is 6.33. The van der Waals surface area contributed by atoms with E-state index in [1.807, 2.05) is 6.92 Å². The van der Waals surface area contributed by atoms with Crippen LogP contribution < -0.4 is 10.4 Å². The third kappa shape index (κ3) is 4.24. The van der Waals surface area contributed by atoms with Gasteiger partial charge in [-0.1, -0.05) is 6.92 Å². The Labute approximate surface area is 158 Å². The van der Waals surface area contributed by atoms with Crippen LogP contribution >= 0.6 is 0 Å². The molecule has 0 aliphatic carbocycles. The van der Waals surface area contributed by atoms with Gasteiger partial charge in [0.25, 0.3) is 0 Å². The summed E-state index contributed by atoms with van der Waals surface area (Å²) in [6.07, 6.45) is 2.63. The molecule has 2 saturated heterocycles. The van der Waals surface area contributed by atoms with E-state index in [1.165, 1.54) is 0 Å². The Morgan fingerprint density at radius 1 is 1.33 bits per heavy atom. The predicted octanol–water partition coefficient (Wildman–Crippen LogP) is 1.82. The van der Waals surface area contributed by atoms with Crippen LogP contribution in [0.5, 0.6) is 0 Å². The number of hydrogen-bond donors (Lipinski definition) is 1. The SMILES string of the molecule is CCOC(=O)N=c1cc(N2CCOCC2)nc(C2(CC)CCCCO2)n1O. The van der Waals surface area contributed by atoms with Crippen LogP contribution in [0.2, 0.25) is 0 Å². The Balaban J connectivity index is 2.11. The van der Waals surface area contributed by atoms with Gasteiger partial charge < -0.3 is 24.3 Å². The molecule has 0 saturated carbocycles. The summed E-state index contributed by atoms with van der Waals surface area (Å²) >= 11 is 0. The monoisotopic (exact) mass is 380 g/mol. The fourth-order valence-corrected chi connectivity index (χ4v) is 3.52. The van der Waals surface area contributed by atoms with Gasteiger partial charge in [-0.15, -0.1) is 0 Å². The molecule has 1 atom stereocenters. The lowest BCUT2D eigenvalue weighted by molar-refractivity contribution is -0.103. The lowest BCUT2D eigenvalue weighted by atomic mass is 9.90. The van der Waals surface area contributed by atoms with Gasteiger partial charge >= 0.3 is 6.09 Å². The molecule has 0 radical (unpaired) electrons. The highest BCUT2D eigenvalue weighted by atomic mass is 16.5. The highest BCUT2D eigenvalue weighted by molar-refractivity contribution is 5.68. The molecule has 1 aromatic rings. The van der Waals surface area contributed by atoms with Crippen molar-refractivity contribution in [2.24, 2.45) is 4.99 Å². The number of aromatic nitrogens is 2. The Hall–Kier alpha value is -2.13. The lowest BCUT2D eigenvalue weighted by Gasteiger charge is -2.37. The van der Waals surface area contributed by atoms with E-state index in [9.17, 15) is 10.0 Å². The Morgan fingerprint density at radius 3 is 2.74 bits per heavy atom. The standard InChI is InChI=1S/C18H28N4O5/c1-3-18(7-5-6-10-27-18)16-19-14(21-8-11-25-12-9-21)13-15(22(16)24)20-17(23)26-4-2/h13,24H,3-12H2,1-2H3. The topological polar surface area (TPSA) is 98.4 Å². The van der Waals surface area contributed by atoms with Gasteiger partial charge in [0.2, 0.25) is 0 Å². The van der Waals surface area contributed by atoms with E-state index >= 15 is 0 Å². The smallest absolute Gasteiger partial charge is 0.435 e. The highest BCUT2D eigenvalue weighted by Gasteiger charge is 2.38. The zero-order valence-corrected chi connectivity index (χ0v) is 16.0. The number of carbonyl (C=O) groups is 1. The number of nitrogens with zero attached hydrogens (tertiary/aromatic N) is 4. The second-order valence-corrected chi connectivity index (χ2v) is 6.67. The van der Waals surface area contributed by atoms with Crippen LogP contribution in [-0.2, 0) is 19.8 Å². The first-order chi connectivity index (χ1) is 13.1. The second-order valence-electron chi connectivity index (χ2n) is 6.67. The van der Waals surface area contributed by atoms with Gasteiger partial charge in [-0.05, 0) is 32.6 Å². The number of amides is 1. The number of anilines is 1. The van der Waals surface area contributed by atoms with Crippen LogP contribution in [0.3, 0.4) is 0 Å². The first kappa shape index (κ1) is 19.6. The molecule has 1 N–H and O–H groups in total. The molecule has 3 heterocycles. The lowest BCUT2D eigenvalue weighted by Crippen LogP contribution is -2.43. The average molecular weight is 380 g/mol. The third-order valence-electron chi connectivity index (χ3n) is 5.04. The number of hydrogen-bond acceptors (Lipinski definition) is 7. The molecule has 2 fully saturated rings. The molecule has 0 spiro atoms. The first-order valence-electron chi connectivity index (χ1n) is 9.61. The summed E-state index contributed by atoms with van der Waals surface area (Å²) in [7, 11) is 0. The molecule has 27 heavy (non-hydrogen) atoms. The zero-order valence-electron chi connectivity index (χ0n) is 16.0. The molecule has 1 aromatic heterocycles. The summed E-state index contributed by atoms with van der Waals surface area (Å²) in [5.41, 5.74) is -0.615. The van der Waals surface area contributed by atoms with Crippen molar-refractivity contribution in [2.75, 3.05) is 44.4 Å². The molecule has 2 aliphatic heterocycles. The van der Waals surface area contributed by atoms with E-state index in [0.29, 0.717) is 51.0 Å². The largest absolute Gasteiger partial charge is 0.448 e. The minimum atomic E-state index is -0.750. The van der Waals surface area contributed by atoms with Gasteiger partial charge in [0.1, 0.15) is 11.4 Å². The summed E-state index contributed by atoms with van der Waals surface area (Å²) in [4.78, 5) is 22.6. The van der Waals surface area contributed by atoms with Crippen molar-refractivity contribution < 1.29 is 24.2 Å². The summed E-state index contributed by atoms with van der Waals surface area (Å²) in [6, 6.07) is 1.60. The fraction of sp³-hybridized carbons (Fsp3) is 0.722. The maximum absolute atomic E-state index is 11.9. The molecule has 9 heteroatoms. The Morgan fingerprint density at radius 2 is 2.11 bits per heavy atom. The molecule has 1 unspecified atom stereocenters. The van der Waals surface area contributed by atoms with E-state index in [0.717, 1.165) is 24.0 Å². The molecular weight excluding hydrogens is 352 g/mol. The molecule has 2 aliphatic rings. The molecule has 150 valence electrons. The maximum atomic E-state index is 11.9. The van der Waals surface area contributed by atoms with Crippen molar-refractivity contribution in [3.63, 3.8) is 0 Å². The Bertz CT molecular complexity index is 721. The fourth-order valence-electron chi connectivity index (χ4n) is 3.52. The van der Waals surface area contributed by atoms with Crippen molar-refractivity contribution in [2.45, 2.75) is 45.1 Å². The van der Waals surface area contributed by atoms with Crippen LogP contribution in [0.4, 0.5) is 10.6 Å². The van der Waals surface area contributed by atoms with Gasteiger partial charge in [0.05, 0.1) is 19.8 Å². The second kappa shape index (κ2) is 8.71. The van der Waals surface area contributed by atoms with Crippen molar-refractivity contribution in [1.82, 2.24) is 9.71 Å². The molecule has 0 aromatic carbocycles. The van der Waals surface area contributed by atoms with Crippen molar-refractivity contribution >= 4 is 11.9 Å². The van der Waals surface area contributed by atoms with E-state index in [4.69, 9.17) is 19.2 Å². The maximum Gasteiger partial charge on any atom is 0.435 e. The van der Waals surface area contributed by atoms with Crippen LogP contribution in [0, 0.1) is 0 Å². The molecule has 9 nitrogen and oxygen atoms in total. The van der Waals surface area contributed by atoms with Crippen LogP contribution in [0.1, 0.15) is 45.4 Å². The number of rotatable bonds is 4. The van der Waals surface area contributed by atoms with Crippen LogP contribution in [-0.4, -0.2) is 60.5 Å². The van der Waals surface area contributed by atoms with Gasteiger partial charge in [-0.2, -0.15) is 9.72 Å². The van der Waals surface area contributed by atoms with Crippen molar-refractivity contribution in [1.29, 1.82) is 0 Å². The molecule has 0 bridgehead atoms. The van der Waals surface area contributed by atoms with E-state index < -0.39 is 11.7 Å². The number of morpholine rings is 1. The number of carbonyl (C=O) groups excluding carboxylic acids is 1. The highest BCUT2D eigenvalue weighted by Crippen LogP contribution is 2.37.